The Morgan fingerprint density at radius 3 is 2.67 bits per heavy atom. The zero-order chi connectivity index (χ0) is 9.19. The van der Waals surface area contributed by atoms with Crippen molar-refractivity contribution in [3.05, 3.63) is 0 Å². The molecule has 2 N–H and O–H groups in total. The Morgan fingerprint density at radius 2 is 2.17 bits per heavy atom. The van der Waals surface area contributed by atoms with Crippen molar-refractivity contribution in [1.29, 1.82) is 0 Å². The van der Waals surface area contributed by atoms with Crippen molar-refractivity contribution in [3.63, 3.8) is 0 Å². The van der Waals surface area contributed by atoms with Crippen LogP contribution in [0.4, 0.5) is 0 Å². The van der Waals surface area contributed by atoms with E-state index in [2.05, 4.69) is 25.7 Å². The Kier molecular flexibility index (Phi) is 3.13. The summed E-state index contributed by atoms with van der Waals surface area (Å²) in [5, 5.41) is 0. The van der Waals surface area contributed by atoms with Crippen LogP contribution in [0.1, 0.15) is 33.6 Å². The third-order valence-corrected chi connectivity index (χ3v) is 2.43. The summed E-state index contributed by atoms with van der Waals surface area (Å²) in [7, 11) is 0. The molecule has 1 aliphatic rings. The number of rotatable bonds is 2. The van der Waals surface area contributed by atoms with Crippen molar-refractivity contribution < 1.29 is 0 Å². The fourth-order valence-corrected chi connectivity index (χ4v) is 2.05. The van der Waals surface area contributed by atoms with Crippen LogP contribution in [0.15, 0.2) is 0 Å². The first-order chi connectivity index (χ1) is 5.49. The maximum Gasteiger partial charge on any atom is 0.0255 e. The van der Waals surface area contributed by atoms with Crippen LogP contribution >= 0.6 is 0 Å². The lowest BCUT2D eigenvalue weighted by Crippen LogP contribution is -2.52. The molecule has 1 aliphatic heterocycles. The van der Waals surface area contributed by atoms with Gasteiger partial charge in [0.1, 0.15) is 0 Å². The van der Waals surface area contributed by atoms with Crippen LogP contribution in [0, 0.1) is 5.92 Å². The number of hydrogen-bond acceptors (Lipinski definition) is 2. The summed E-state index contributed by atoms with van der Waals surface area (Å²) in [6.07, 6.45) is 2.45. The van der Waals surface area contributed by atoms with Gasteiger partial charge in [-0.3, -0.25) is 0 Å². The first-order valence-corrected chi connectivity index (χ1v) is 5.01. The van der Waals surface area contributed by atoms with Crippen LogP contribution in [0.5, 0.6) is 0 Å². The van der Waals surface area contributed by atoms with Crippen molar-refractivity contribution >= 4 is 0 Å². The Bertz CT molecular complexity index is 141. The second-order valence-electron chi connectivity index (χ2n) is 4.89. The van der Waals surface area contributed by atoms with Crippen molar-refractivity contribution in [1.82, 2.24) is 4.90 Å². The highest BCUT2D eigenvalue weighted by Gasteiger charge is 2.26. The number of piperidine rings is 1. The molecule has 1 rings (SSSR count). The molecule has 1 heterocycles. The Labute approximate surface area is 76.1 Å². The smallest absolute Gasteiger partial charge is 0.0255 e. The minimum absolute atomic E-state index is 0.0626. The zero-order valence-electron chi connectivity index (χ0n) is 8.64. The van der Waals surface area contributed by atoms with Gasteiger partial charge in [-0.05, 0) is 32.2 Å². The van der Waals surface area contributed by atoms with Gasteiger partial charge in [-0.1, -0.05) is 13.8 Å². The SMILES string of the molecule is CC(C)CN1CCCC(C)(N)C1. The van der Waals surface area contributed by atoms with Crippen LogP contribution in [-0.2, 0) is 0 Å². The predicted octanol–water partition coefficient (Wildman–Crippen LogP) is 1.46. The van der Waals surface area contributed by atoms with Gasteiger partial charge < -0.3 is 10.6 Å². The lowest BCUT2D eigenvalue weighted by atomic mass is 9.92. The van der Waals surface area contributed by atoms with Crippen molar-refractivity contribution in [2.75, 3.05) is 19.6 Å². The fourth-order valence-electron chi connectivity index (χ4n) is 2.05. The van der Waals surface area contributed by atoms with E-state index in [9.17, 15) is 0 Å². The number of nitrogens with two attached hydrogens (primary N) is 1. The first-order valence-electron chi connectivity index (χ1n) is 5.01. The molecular weight excluding hydrogens is 148 g/mol. The molecular formula is C10H22N2. The molecule has 0 aromatic heterocycles. The summed E-state index contributed by atoms with van der Waals surface area (Å²) in [5.41, 5.74) is 6.16. The largest absolute Gasteiger partial charge is 0.324 e. The fraction of sp³-hybridized carbons (Fsp3) is 1.00. The quantitative estimate of drug-likeness (QED) is 0.680. The second kappa shape index (κ2) is 3.75. The second-order valence-corrected chi connectivity index (χ2v) is 4.89. The van der Waals surface area contributed by atoms with Crippen molar-refractivity contribution in [2.24, 2.45) is 11.7 Å². The number of hydrogen-bond donors (Lipinski definition) is 1. The van der Waals surface area contributed by atoms with E-state index < -0.39 is 0 Å². The van der Waals surface area contributed by atoms with Gasteiger partial charge in [0.25, 0.3) is 0 Å². The maximum absolute atomic E-state index is 6.10. The molecule has 12 heavy (non-hydrogen) atoms. The molecule has 2 nitrogen and oxygen atoms in total. The summed E-state index contributed by atoms with van der Waals surface area (Å²) < 4.78 is 0. The van der Waals surface area contributed by atoms with Gasteiger partial charge in [0.05, 0.1) is 0 Å². The summed E-state index contributed by atoms with van der Waals surface area (Å²) in [4.78, 5) is 2.49. The average molecular weight is 170 g/mol. The monoisotopic (exact) mass is 170 g/mol. The number of nitrogens with zero attached hydrogens (tertiary/aromatic N) is 1. The first kappa shape index (κ1) is 10.0. The van der Waals surface area contributed by atoms with Crippen molar-refractivity contribution in [3.8, 4) is 0 Å². The highest BCUT2D eigenvalue weighted by molar-refractivity contribution is 4.87. The Hall–Kier alpha value is -0.0800. The molecule has 0 saturated carbocycles. The average Bonchev–Trinajstić information content (AvgIpc) is 1.82. The van der Waals surface area contributed by atoms with Crippen LogP contribution in [-0.4, -0.2) is 30.1 Å². The molecule has 1 atom stereocenters. The van der Waals surface area contributed by atoms with Crippen LogP contribution in [0.2, 0.25) is 0 Å². The molecule has 0 spiro atoms. The standard InChI is InChI=1S/C10H22N2/c1-9(2)7-12-6-4-5-10(3,11)8-12/h9H,4-8,11H2,1-3H3. The van der Waals surface area contributed by atoms with E-state index in [4.69, 9.17) is 5.73 Å². The molecule has 72 valence electrons. The van der Waals surface area contributed by atoms with Crippen LogP contribution < -0.4 is 5.73 Å². The van der Waals surface area contributed by atoms with E-state index in [1.807, 2.05) is 0 Å². The summed E-state index contributed by atoms with van der Waals surface area (Å²) in [5.74, 6) is 0.763. The minimum atomic E-state index is 0.0626. The van der Waals surface area contributed by atoms with E-state index in [1.165, 1.54) is 25.9 Å². The van der Waals surface area contributed by atoms with Gasteiger partial charge in [0.15, 0.2) is 0 Å². The molecule has 1 fully saturated rings. The third kappa shape index (κ3) is 3.11. The molecule has 0 aliphatic carbocycles. The predicted molar refractivity (Wildman–Crippen MR) is 53.1 cm³/mol. The molecule has 0 radical (unpaired) electrons. The van der Waals surface area contributed by atoms with Gasteiger partial charge >= 0.3 is 0 Å². The molecule has 0 aromatic rings. The van der Waals surface area contributed by atoms with E-state index in [1.54, 1.807) is 0 Å². The van der Waals surface area contributed by atoms with Crippen molar-refractivity contribution in [2.45, 2.75) is 39.2 Å². The summed E-state index contributed by atoms with van der Waals surface area (Å²) in [6, 6.07) is 0. The van der Waals surface area contributed by atoms with Gasteiger partial charge in [0.2, 0.25) is 0 Å². The van der Waals surface area contributed by atoms with Gasteiger partial charge in [0, 0.05) is 18.6 Å². The van der Waals surface area contributed by atoms with Crippen LogP contribution in [0.3, 0.4) is 0 Å². The molecule has 1 unspecified atom stereocenters. The molecule has 1 saturated heterocycles. The highest BCUT2D eigenvalue weighted by Crippen LogP contribution is 2.18. The third-order valence-electron chi connectivity index (χ3n) is 2.43. The van der Waals surface area contributed by atoms with E-state index in [0.29, 0.717) is 0 Å². The summed E-state index contributed by atoms with van der Waals surface area (Å²) in [6.45, 7) is 10.2. The van der Waals surface area contributed by atoms with Crippen LogP contribution in [0.25, 0.3) is 0 Å². The Balaban J connectivity index is 2.36. The number of likely N-dealkylation sites (tertiary alicyclic amines) is 1. The van der Waals surface area contributed by atoms with E-state index in [0.717, 1.165) is 12.5 Å². The summed E-state index contributed by atoms with van der Waals surface area (Å²) >= 11 is 0. The molecule has 2 heteroatoms. The lowest BCUT2D eigenvalue weighted by Gasteiger charge is -2.38. The topological polar surface area (TPSA) is 29.3 Å². The highest BCUT2D eigenvalue weighted by atomic mass is 15.2. The van der Waals surface area contributed by atoms with E-state index in [-0.39, 0.29) is 5.54 Å². The molecule has 0 aromatic carbocycles. The normalized spacial score (nSPS) is 32.8. The Morgan fingerprint density at radius 1 is 1.50 bits per heavy atom. The van der Waals surface area contributed by atoms with Gasteiger partial charge in [-0.25, -0.2) is 0 Å². The van der Waals surface area contributed by atoms with Gasteiger partial charge in [-0.15, -0.1) is 0 Å². The van der Waals surface area contributed by atoms with Gasteiger partial charge in [-0.2, -0.15) is 0 Å². The lowest BCUT2D eigenvalue weighted by molar-refractivity contribution is 0.146. The zero-order valence-corrected chi connectivity index (χ0v) is 8.64. The molecule has 0 bridgehead atoms. The van der Waals surface area contributed by atoms with E-state index >= 15 is 0 Å². The molecule has 0 amide bonds. The maximum atomic E-state index is 6.10. The minimum Gasteiger partial charge on any atom is -0.324 e.